The molecule has 0 saturated carbocycles. The van der Waals surface area contributed by atoms with E-state index in [1.165, 1.54) is 28.8 Å². The van der Waals surface area contributed by atoms with Crippen molar-refractivity contribution in [3.63, 3.8) is 0 Å². The third kappa shape index (κ3) is 8.14. The van der Waals surface area contributed by atoms with Gasteiger partial charge in [-0.25, -0.2) is 0 Å². The average Bonchev–Trinajstić information content (AvgIpc) is 3.01. The van der Waals surface area contributed by atoms with Crippen molar-refractivity contribution in [2.45, 2.75) is 34.1 Å². The fourth-order valence-corrected chi connectivity index (χ4v) is 4.03. The highest BCUT2D eigenvalue weighted by molar-refractivity contribution is 5.79. The Bertz CT molecular complexity index is 1420. The summed E-state index contributed by atoms with van der Waals surface area (Å²) in [5.74, 6) is 0. The molecule has 0 spiro atoms. The maximum Gasteiger partial charge on any atom is 0.269 e. The molecule has 4 nitrogen and oxygen atoms in total. The van der Waals surface area contributed by atoms with Gasteiger partial charge >= 0.3 is 0 Å². The molecule has 0 aliphatic heterocycles. The number of anilines is 3. The molecular formula is C35H36N2O2. The van der Waals surface area contributed by atoms with Crippen molar-refractivity contribution in [2.24, 2.45) is 0 Å². The van der Waals surface area contributed by atoms with Gasteiger partial charge in [-0.2, -0.15) is 0 Å². The van der Waals surface area contributed by atoms with Crippen molar-refractivity contribution in [3.05, 3.63) is 155 Å². The van der Waals surface area contributed by atoms with Gasteiger partial charge in [-0.1, -0.05) is 111 Å². The van der Waals surface area contributed by atoms with Crippen molar-refractivity contribution in [1.82, 2.24) is 0 Å². The van der Waals surface area contributed by atoms with Gasteiger partial charge in [-0.05, 0) is 66.4 Å². The Morgan fingerprint density at radius 2 is 1.13 bits per heavy atom. The third-order valence-corrected chi connectivity index (χ3v) is 6.07. The van der Waals surface area contributed by atoms with Gasteiger partial charge in [0, 0.05) is 29.2 Å². The summed E-state index contributed by atoms with van der Waals surface area (Å²) in [4.78, 5) is 12.1. The highest BCUT2D eigenvalue weighted by Gasteiger charge is 2.12. The highest BCUT2D eigenvalue weighted by atomic mass is 16.6. The predicted octanol–water partition coefficient (Wildman–Crippen LogP) is 10.3. The summed E-state index contributed by atoms with van der Waals surface area (Å²) in [6.07, 6.45) is 0.915. The Kier molecular flexibility index (Phi) is 11.0. The molecular weight excluding hydrogens is 480 g/mol. The van der Waals surface area contributed by atoms with E-state index in [0.29, 0.717) is 0 Å². The topological polar surface area (TPSA) is 46.4 Å². The number of nitro groups is 1. The predicted molar refractivity (Wildman–Crippen MR) is 165 cm³/mol. The van der Waals surface area contributed by atoms with Crippen LogP contribution in [0.1, 0.15) is 31.9 Å². The van der Waals surface area contributed by atoms with Crippen LogP contribution in [0.15, 0.2) is 133 Å². The van der Waals surface area contributed by atoms with E-state index in [4.69, 9.17) is 0 Å². The van der Waals surface area contributed by atoms with Gasteiger partial charge < -0.3 is 4.90 Å². The van der Waals surface area contributed by atoms with Crippen molar-refractivity contribution in [1.29, 1.82) is 0 Å². The van der Waals surface area contributed by atoms with Crippen LogP contribution >= 0.6 is 0 Å². The van der Waals surface area contributed by atoms with E-state index in [9.17, 15) is 10.1 Å². The summed E-state index contributed by atoms with van der Waals surface area (Å²) >= 11 is 0. The van der Waals surface area contributed by atoms with Crippen molar-refractivity contribution in [2.75, 3.05) is 4.90 Å². The van der Waals surface area contributed by atoms with E-state index in [1.54, 1.807) is 12.1 Å². The third-order valence-electron chi connectivity index (χ3n) is 6.07. The normalized spacial score (nSPS) is 9.85. The minimum Gasteiger partial charge on any atom is -0.310 e. The van der Waals surface area contributed by atoms with E-state index >= 15 is 0 Å². The standard InChI is InChI=1S/C25H21N.C8H9NO2.C2H6/c1-20-15-17-24(18-16-20)26(23-12-6-3-7-13-23)25-14-8-11-22(19-25)21-9-4-2-5-10-21;1-2-7-3-5-8(6-4-7)9(10)11;1-2/h2-19H,1H3;3-6H,2H2,1H3;1-2H3. The molecule has 0 aliphatic carbocycles. The van der Waals surface area contributed by atoms with E-state index in [2.05, 4.69) is 121 Å². The summed E-state index contributed by atoms with van der Waals surface area (Å²) in [5.41, 5.74) is 8.45. The second-order valence-corrected chi connectivity index (χ2v) is 8.70. The number of rotatable bonds is 6. The molecule has 0 saturated heterocycles. The number of nitro benzene ring substituents is 1. The first-order valence-electron chi connectivity index (χ1n) is 13.4. The molecule has 0 radical (unpaired) electrons. The molecule has 0 fully saturated rings. The molecule has 39 heavy (non-hydrogen) atoms. The second kappa shape index (κ2) is 14.9. The van der Waals surface area contributed by atoms with Crippen LogP contribution in [0.4, 0.5) is 22.7 Å². The quantitative estimate of drug-likeness (QED) is 0.167. The molecule has 5 aromatic rings. The van der Waals surface area contributed by atoms with Crippen molar-refractivity contribution >= 4 is 22.7 Å². The molecule has 0 aromatic heterocycles. The molecule has 5 rings (SSSR count). The van der Waals surface area contributed by atoms with Crippen molar-refractivity contribution < 1.29 is 4.92 Å². The fraction of sp³-hybridized carbons (Fsp3) is 0.143. The van der Waals surface area contributed by atoms with E-state index < -0.39 is 0 Å². The van der Waals surface area contributed by atoms with Gasteiger partial charge in [0.25, 0.3) is 5.69 Å². The van der Waals surface area contributed by atoms with Gasteiger partial charge in [0.2, 0.25) is 0 Å². The van der Waals surface area contributed by atoms with Crippen molar-refractivity contribution in [3.8, 4) is 11.1 Å². The Labute approximate surface area is 232 Å². The minimum atomic E-state index is -0.389. The summed E-state index contributed by atoms with van der Waals surface area (Å²) in [6.45, 7) is 8.13. The molecule has 4 heteroatoms. The lowest BCUT2D eigenvalue weighted by Crippen LogP contribution is -2.09. The fourth-order valence-electron chi connectivity index (χ4n) is 4.03. The highest BCUT2D eigenvalue weighted by Crippen LogP contribution is 2.36. The van der Waals surface area contributed by atoms with E-state index in [-0.39, 0.29) is 10.6 Å². The van der Waals surface area contributed by atoms with Crippen LogP contribution in [0.25, 0.3) is 11.1 Å². The molecule has 198 valence electrons. The monoisotopic (exact) mass is 516 g/mol. The minimum absolute atomic E-state index is 0.155. The number of hydrogen-bond acceptors (Lipinski definition) is 3. The number of aryl methyl sites for hydroxylation is 2. The van der Waals surface area contributed by atoms with Crippen LogP contribution in [0.3, 0.4) is 0 Å². The number of nitrogens with zero attached hydrogens (tertiary/aromatic N) is 2. The summed E-state index contributed by atoms with van der Waals surface area (Å²) < 4.78 is 0. The summed E-state index contributed by atoms with van der Waals surface area (Å²) in [7, 11) is 0. The number of para-hydroxylation sites is 1. The first-order valence-corrected chi connectivity index (χ1v) is 13.4. The zero-order valence-corrected chi connectivity index (χ0v) is 23.1. The molecule has 5 aromatic carbocycles. The van der Waals surface area contributed by atoms with E-state index in [1.807, 2.05) is 20.8 Å². The largest absolute Gasteiger partial charge is 0.310 e. The first-order chi connectivity index (χ1) is 19.0. The van der Waals surface area contributed by atoms with Gasteiger partial charge in [-0.15, -0.1) is 0 Å². The van der Waals surface area contributed by atoms with Crippen LogP contribution in [-0.4, -0.2) is 4.92 Å². The molecule has 0 heterocycles. The van der Waals surface area contributed by atoms with E-state index in [0.717, 1.165) is 29.0 Å². The van der Waals surface area contributed by atoms with Gasteiger partial charge in [-0.3, -0.25) is 10.1 Å². The lowest BCUT2D eigenvalue weighted by Gasteiger charge is -2.26. The Morgan fingerprint density at radius 1 is 0.615 bits per heavy atom. The first kappa shape index (κ1) is 28.9. The SMILES string of the molecule is CC.CCc1ccc([N+](=O)[O-])cc1.Cc1ccc(N(c2ccccc2)c2cccc(-c3ccccc3)c2)cc1. The summed E-state index contributed by atoms with van der Waals surface area (Å²) in [6, 6.07) is 45.0. The Morgan fingerprint density at radius 3 is 1.69 bits per heavy atom. The number of benzene rings is 5. The van der Waals surface area contributed by atoms with Crippen LogP contribution in [0, 0.1) is 17.0 Å². The number of non-ortho nitro benzene ring substituents is 1. The number of hydrogen-bond donors (Lipinski definition) is 0. The molecule has 0 amide bonds. The molecule has 0 aliphatic rings. The Hall–Kier alpha value is -4.70. The van der Waals surface area contributed by atoms with Gasteiger partial charge in [0.1, 0.15) is 0 Å². The smallest absolute Gasteiger partial charge is 0.269 e. The molecule has 0 unspecified atom stereocenters. The van der Waals surface area contributed by atoms with Crippen LogP contribution in [0.5, 0.6) is 0 Å². The Balaban J connectivity index is 0.000000272. The average molecular weight is 517 g/mol. The summed E-state index contributed by atoms with van der Waals surface area (Å²) in [5, 5.41) is 10.2. The molecule has 0 atom stereocenters. The van der Waals surface area contributed by atoms with Gasteiger partial charge in [0.15, 0.2) is 0 Å². The molecule has 0 N–H and O–H groups in total. The van der Waals surface area contributed by atoms with Crippen LogP contribution < -0.4 is 4.90 Å². The zero-order valence-electron chi connectivity index (χ0n) is 23.1. The van der Waals surface area contributed by atoms with Crippen LogP contribution in [-0.2, 0) is 6.42 Å². The lowest BCUT2D eigenvalue weighted by molar-refractivity contribution is -0.384. The maximum absolute atomic E-state index is 10.2. The zero-order chi connectivity index (χ0) is 28.0. The molecule has 0 bridgehead atoms. The van der Waals surface area contributed by atoms with Crippen LogP contribution in [0.2, 0.25) is 0 Å². The maximum atomic E-state index is 10.2. The second-order valence-electron chi connectivity index (χ2n) is 8.70. The lowest BCUT2D eigenvalue weighted by atomic mass is 10.0. The van der Waals surface area contributed by atoms with Gasteiger partial charge in [0.05, 0.1) is 4.92 Å².